The summed E-state index contributed by atoms with van der Waals surface area (Å²) >= 11 is 0. The Labute approximate surface area is 295 Å². The lowest BCUT2D eigenvalue weighted by Gasteiger charge is -2.09. The molecule has 0 aromatic heterocycles. The Morgan fingerprint density at radius 1 is 0.347 bits per heavy atom. The minimum Gasteiger partial charge on any atom is -0.467 e. The van der Waals surface area contributed by atoms with Crippen molar-refractivity contribution in [2.45, 2.75) is 71.1 Å². The Balaban J connectivity index is 3.12. The molecule has 0 saturated heterocycles. The monoisotopic (exact) mass is 712 g/mol. The molecule has 0 aliphatic carbocycles. The van der Waals surface area contributed by atoms with Crippen LogP contribution in [0.3, 0.4) is 0 Å². The largest absolute Gasteiger partial charge is 0.467 e. The van der Waals surface area contributed by atoms with Crippen LogP contribution < -0.4 is 0 Å². The maximum absolute atomic E-state index is 11.8. The highest BCUT2D eigenvalue weighted by Crippen LogP contribution is 2.10. The molecule has 0 rings (SSSR count). The highest BCUT2D eigenvalue weighted by atomic mass is 16.6. The molecule has 0 radical (unpaired) electrons. The van der Waals surface area contributed by atoms with Crippen LogP contribution in [0.15, 0.2) is 0 Å². The number of ether oxygens (including phenoxy) is 12. The topological polar surface area (TPSA) is 145 Å². The van der Waals surface area contributed by atoms with Crippen LogP contribution in [-0.2, 0) is 66.4 Å². The quantitative estimate of drug-likeness (QED) is 0.0668. The molecule has 0 aromatic carbocycles. The van der Waals surface area contributed by atoms with Crippen LogP contribution in [0.4, 0.5) is 0 Å². The summed E-state index contributed by atoms with van der Waals surface area (Å²) in [6.07, 6.45) is 11.6. The van der Waals surface area contributed by atoms with Crippen molar-refractivity contribution in [2.24, 2.45) is 0 Å². The average molecular weight is 713 g/mol. The van der Waals surface area contributed by atoms with Gasteiger partial charge in [-0.05, 0) is 6.42 Å². The third kappa shape index (κ3) is 42.6. The zero-order chi connectivity index (χ0) is 35.6. The lowest BCUT2D eigenvalue weighted by Crippen LogP contribution is -2.16. The Morgan fingerprint density at radius 3 is 0.959 bits per heavy atom. The van der Waals surface area contributed by atoms with E-state index in [1.54, 1.807) is 0 Å². The van der Waals surface area contributed by atoms with Gasteiger partial charge in [0.05, 0.1) is 133 Å². The van der Waals surface area contributed by atoms with E-state index in [0.717, 1.165) is 12.8 Å². The number of methoxy groups -OCH3 is 1. The van der Waals surface area contributed by atoms with E-state index in [4.69, 9.17) is 52.1 Å². The van der Waals surface area contributed by atoms with E-state index in [9.17, 15) is 9.59 Å². The first-order valence-electron chi connectivity index (χ1n) is 18.2. The van der Waals surface area contributed by atoms with Gasteiger partial charge in [-0.15, -0.1) is 0 Å². The van der Waals surface area contributed by atoms with E-state index in [-0.39, 0.29) is 19.2 Å². The summed E-state index contributed by atoms with van der Waals surface area (Å²) in [5, 5.41) is 0. The van der Waals surface area contributed by atoms with Crippen molar-refractivity contribution in [1.82, 2.24) is 0 Å². The van der Waals surface area contributed by atoms with Gasteiger partial charge in [-0.2, -0.15) is 0 Å². The second-order valence-corrected chi connectivity index (χ2v) is 10.9. The van der Waals surface area contributed by atoms with Crippen molar-refractivity contribution in [3.05, 3.63) is 0 Å². The second kappa shape index (κ2) is 42.7. The average Bonchev–Trinajstić information content (AvgIpc) is 3.11. The predicted molar refractivity (Wildman–Crippen MR) is 183 cm³/mol. The van der Waals surface area contributed by atoms with Crippen molar-refractivity contribution < 1.29 is 66.4 Å². The fraction of sp³-hybridized carbons (Fsp3) is 0.943. The minimum absolute atomic E-state index is 0.0724. The molecule has 0 atom stereocenters. The number of esters is 2. The molecule has 0 fully saturated rings. The zero-order valence-corrected chi connectivity index (χ0v) is 30.6. The van der Waals surface area contributed by atoms with E-state index >= 15 is 0 Å². The fourth-order valence-electron chi connectivity index (χ4n) is 4.06. The number of hydrogen-bond donors (Lipinski definition) is 0. The first-order valence-corrected chi connectivity index (χ1v) is 18.2. The summed E-state index contributed by atoms with van der Waals surface area (Å²) in [7, 11) is 1.31. The molecule has 14 nitrogen and oxygen atoms in total. The minimum atomic E-state index is -0.409. The molecule has 292 valence electrons. The smallest absolute Gasteiger partial charge is 0.331 e. The van der Waals surface area contributed by atoms with Crippen molar-refractivity contribution in [1.29, 1.82) is 0 Å². The molecular weight excluding hydrogens is 644 g/mol. The number of rotatable bonds is 42. The van der Waals surface area contributed by atoms with Gasteiger partial charge in [-0.25, -0.2) is 4.79 Å². The Kier molecular flexibility index (Phi) is 41.4. The highest BCUT2D eigenvalue weighted by molar-refractivity contribution is 5.70. The van der Waals surface area contributed by atoms with E-state index < -0.39 is 5.97 Å². The van der Waals surface area contributed by atoms with Crippen molar-refractivity contribution in [3.63, 3.8) is 0 Å². The zero-order valence-electron chi connectivity index (χ0n) is 30.6. The van der Waals surface area contributed by atoms with Crippen LogP contribution in [-0.4, -0.2) is 158 Å². The summed E-state index contributed by atoms with van der Waals surface area (Å²) < 4.78 is 63.7. The van der Waals surface area contributed by atoms with Gasteiger partial charge in [0, 0.05) is 6.42 Å². The number of carbonyl (C=O) groups is 2. The molecule has 0 amide bonds. The summed E-state index contributed by atoms with van der Waals surface area (Å²) in [5.74, 6) is -0.550. The SMILES string of the molecule is CCCCCCCCCCCC(=O)OCCOCCOCCOCCOCCOCCOCCOCCOCCOCCOCC(=O)OC. The molecule has 0 aromatic rings. The van der Waals surface area contributed by atoms with Crippen molar-refractivity contribution >= 4 is 11.9 Å². The highest BCUT2D eigenvalue weighted by Gasteiger charge is 2.03. The molecule has 0 heterocycles. The van der Waals surface area contributed by atoms with E-state index in [0.29, 0.717) is 132 Å². The first-order chi connectivity index (χ1) is 24.2. The van der Waals surface area contributed by atoms with E-state index in [1.807, 2.05) is 0 Å². The predicted octanol–water partition coefficient (Wildman–Crippen LogP) is 3.79. The maximum atomic E-state index is 11.8. The van der Waals surface area contributed by atoms with E-state index in [1.165, 1.54) is 52.1 Å². The third-order valence-electron chi connectivity index (χ3n) is 6.77. The molecule has 0 saturated carbocycles. The molecule has 0 N–H and O–H groups in total. The standard InChI is InChI=1S/C35H68O14/c1-3-4-5-6-7-8-9-10-11-12-34(36)49-32-31-47-28-27-45-24-23-43-20-19-41-16-15-39-13-14-40-17-18-42-21-22-44-25-26-46-29-30-48-33-35(37)38-2/h3-33H2,1-2H3. The third-order valence-corrected chi connectivity index (χ3v) is 6.77. The Bertz CT molecular complexity index is 670. The molecule has 0 spiro atoms. The van der Waals surface area contributed by atoms with Crippen LogP contribution in [0.2, 0.25) is 0 Å². The van der Waals surface area contributed by atoms with Crippen molar-refractivity contribution in [2.75, 3.05) is 146 Å². The summed E-state index contributed by atoms with van der Waals surface area (Å²) in [6.45, 7) is 11.2. The normalized spacial score (nSPS) is 11.3. The number of unbranched alkanes of at least 4 members (excludes halogenated alkanes) is 8. The van der Waals surface area contributed by atoms with Crippen LogP contribution >= 0.6 is 0 Å². The second-order valence-electron chi connectivity index (χ2n) is 10.9. The van der Waals surface area contributed by atoms with Crippen LogP contribution in [0.5, 0.6) is 0 Å². The maximum Gasteiger partial charge on any atom is 0.331 e. The molecule has 0 aliphatic rings. The molecule has 0 bridgehead atoms. The molecule has 0 unspecified atom stereocenters. The lowest BCUT2D eigenvalue weighted by molar-refractivity contribution is -0.146. The Hall–Kier alpha value is -1.46. The lowest BCUT2D eigenvalue weighted by atomic mass is 10.1. The molecule has 14 heteroatoms. The van der Waals surface area contributed by atoms with Gasteiger partial charge in [0.15, 0.2) is 0 Å². The number of hydrogen-bond acceptors (Lipinski definition) is 14. The number of carbonyl (C=O) groups excluding carboxylic acids is 2. The van der Waals surface area contributed by atoms with Crippen LogP contribution in [0.1, 0.15) is 71.1 Å². The summed E-state index contributed by atoms with van der Waals surface area (Å²) in [6, 6.07) is 0. The fourth-order valence-corrected chi connectivity index (χ4v) is 4.06. The van der Waals surface area contributed by atoms with Gasteiger partial charge >= 0.3 is 11.9 Å². The van der Waals surface area contributed by atoms with Gasteiger partial charge in [-0.1, -0.05) is 58.3 Å². The van der Waals surface area contributed by atoms with Gasteiger partial charge in [0.25, 0.3) is 0 Å². The van der Waals surface area contributed by atoms with Gasteiger partial charge < -0.3 is 56.8 Å². The first kappa shape index (κ1) is 47.5. The molecule has 49 heavy (non-hydrogen) atoms. The van der Waals surface area contributed by atoms with Gasteiger partial charge in [-0.3, -0.25) is 4.79 Å². The van der Waals surface area contributed by atoms with Crippen LogP contribution in [0, 0.1) is 0 Å². The van der Waals surface area contributed by atoms with Gasteiger partial charge in [0.2, 0.25) is 0 Å². The van der Waals surface area contributed by atoms with Crippen LogP contribution in [0.25, 0.3) is 0 Å². The molecular formula is C35H68O14. The summed E-state index contributed by atoms with van der Waals surface area (Å²) in [4.78, 5) is 22.6. The summed E-state index contributed by atoms with van der Waals surface area (Å²) in [5.41, 5.74) is 0. The van der Waals surface area contributed by atoms with Crippen molar-refractivity contribution in [3.8, 4) is 0 Å². The van der Waals surface area contributed by atoms with Gasteiger partial charge in [0.1, 0.15) is 13.2 Å². The molecule has 0 aliphatic heterocycles. The Morgan fingerprint density at radius 2 is 0.633 bits per heavy atom. The van der Waals surface area contributed by atoms with E-state index in [2.05, 4.69) is 11.7 Å².